The molecule has 1 heterocycles. The molecule has 104 valence electrons. The molecule has 0 bridgehead atoms. The molecule has 2 atom stereocenters. The highest BCUT2D eigenvalue weighted by Crippen LogP contribution is 2.43. The Hall–Kier alpha value is -0.610. The van der Waals surface area contributed by atoms with E-state index in [9.17, 15) is 4.79 Å². The molecule has 0 aromatic carbocycles. The number of carboxylic acids is 1. The summed E-state index contributed by atoms with van der Waals surface area (Å²) in [7, 11) is 0. The highest BCUT2D eigenvalue weighted by Gasteiger charge is 2.49. The molecule has 1 aliphatic carbocycles. The van der Waals surface area contributed by atoms with E-state index in [1.807, 2.05) is 13.8 Å². The van der Waals surface area contributed by atoms with Gasteiger partial charge in [-0.15, -0.1) is 0 Å². The van der Waals surface area contributed by atoms with Crippen molar-refractivity contribution in [1.29, 1.82) is 0 Å². The highest BCUT2D eigenvalue weighted by molar-refractivity contribution is 5.70. The molecule has 1 spiro atoms. The molecule has 2 unspecified atom stereocenters. The Morgan fingerprint density at radius 2 is 2.00 bits per heavy atom. The molecule has 0 radical (unpaired) electrons. The SMILES string of the molecule is CCC(CC1(C)COC2(CCCCC2)O1)C(=O)O. The summed E-state index contributed by atoms with van der Waals surface area (Å²) in [5.41, 5.74) is -0.434. The monoisotopic (exact) mass is 256 g/mol. The molecule has 0 aromatic rings. The van der Waals surface area contributed by atoms with Crippen LogP contribution >= 0.6 is 0 Å². The number of hydrogen-bond donors (Lipinski definition) is 1. The molecule has 1 saturated carbocycles. The zero-order chi connectivity index (χ0) is 13.2. The van der Waals surface area contributed by atoms with Gasteiger partial charge in [0.25, 0.3) is 0 Å². The normalized spacial score (nSPS) is 32.6. The van der Waals surface area contributed by atoms with Crippen molar-refractivity contribution in [2.75, 3.05) is 6.61 Å². The van der Waals surface area contributed by atoms with Gasteiger partial charge in [0.2, 0.25) is 0 Å². The Morgan fingerprint density at radius 1 is 1.33 bits per heavy atom. The van der Waals surface area contributed by atoms with E-state index >= 15 is 0 Å². The van der Waals surface area contributed by atoms with E-state index in [2.05, 4.69) is 0 Å². The number of rotatable bonds is 4. The Kier molecular flexibility index (Phi) is 3.97. The Bertz CT molecular complexity index is 309. The van der Waals surface area contributed by atoms with E-state index in [1.165, 1.54) is 6.42 Å². The minimum atomic E-state index is -0.730. The van der Waals surface area contributed by atoms with Crippen LogP contribution in [0.4, 0.5) is 0 Å². The van der Waals surface area contributed by atoms with Crippen LogP contribution in [-0.4, -0.2) is 29.1 Å². The predicted octanol–water partition coefficient (Wildman–Crippen LogP) is 2.95. The standard InChI is InChI=1S/C14H24O4/c1-3-11(12(15)16)9-13(2)10-17-14(18-13)7-5-4-6-8-14/h11H,3-10H2,1-2H3,(H,15,16). The first-order valence-electron chi connectivity index (χ1n) is 7.06. The predicted molar refractivity (Wildman–Crippen MR) is 67.3 cm³/mol. The van der Waals surface area contributed by atoms with Crippen molar-refractivity contribution in [2.24, 2.45) is 5.92 Å². The lowest BCUT2D eigenvalue weighted by Gasteiger charge is -2.34. The second kappa shape index (κ2) is 5.17. The quantitative estimate of drug-likeness (QED) is 0.840. The largest absolute Gasteiger partial charge is 0.481 e. The zero-order valence-electron chi connectivity index (χ0n) is 11.4. The van der Waals surface area contributed by atoms with Crippen LogP contribution in [0.25, 0.3) is 0 Å². The van der Waals surface area contributed by atoms with Gasteiger partial charge in [0.15, 0.2) is 5.79 Å². The van der Waals surface area contributed by atoms with E-state index in [0.717, 1.165) is 25.7 Å². The van der Waals surface area contributed by atoms with Crippen LogP contribution in [0.2, 0.25) is 0 Å². The van der Waals surface area contributed by atoms with Gasteiger partial charge in [0.05, 0.1) is 18.1 Å². The number of carbonyl (C=O) groups is 1. The second-order valence-electron chi connectivity index (χ2n) is 5.96. The van der Waals surface area contributed by atoms with Crippen LogP contribution in [0.5, 0.6) is 0 Å². The van der Waals surface area contributed by atoms with Gasteiger partial charge in [-0.3, -0.25) is 4.79 Å². The van der Waals surface area contributed by atoms with E-state index in [1.54, 1.807) is 0 Å². The molecule has 2 fully saturated rings. The molecule has 4 nitrogen and oxygen atoms in total. The van der Waals surface area contributed by atoms with Gasteiger partial charge in [-0.25, -0.2) is 0 Å². The van der Waals surface area contributed by atoms with E-state index in [0.29, 0.717) is 19.4 Å². The van der Waals surface area contributed by atoms with Crippen molar-refractivity contribution in [3.05, 3.63) is 0 Å². The Balaban J connectivity index is 1.98. The van der Waals surface area contributed by atoms with Crippen molar-refractivity contribution < 1.29 is 19.4 Å². The molecule has 1 aliphatic heterocycles. The van der Waals surface area contributed by atoms with Crippen LogP contribution < -0.4 is 0 Å². The fraction of sp³-hybridized carbons (Fsp3) is 0.929. The smallest absolute Gasteiger partial charge is 0.306 e. The minimum absolute atomic E-state index is 0.336. The van der Waals surface area contributed by atoms with Gasteiger partial charge >= 0.3 is 5.97 Å². The fourth-order valence-corrected chi connectivity index (χ4v) is 3.16. The minimum Gasteiger partial charge on any atom is -0.481 e. The van der Waals surface area contributed by atoms with Crippen LogP contribution in [-0.2, 0) is 14.3 Å². The van der Waals surface area contributed by atoms with Crippen molar-refractivity contribution in [1.82, 2.24) is 0 Å². The average Bonchev–Trinajstić information content (AvgIpc) is 2.65. The maximum Gasteiger partial charge on any atom is 0.306 e. The summed E-state index contributed by atoms with van der Waals surface area (Å²) in [6.07, 6.45) is 6.62. The number of carboxylic acid groups (broad SMARTS) is 1. The van der Waals surface area contributed by atoms with E-state index in [-0.39, 0.29) is 5.92 Å². The van der Waals surface area contributed by atoms with Gasteiger partial charge in [-0.1, -0.05) is 13.3 Å². The van der Waals surface area contributed by atoms with E-state index < -0.39 is 17.4 Å². The third-order valence-corrected chi connectivity index (χ3v) is 4.21. The van der Waals surface area contributed by atoms with Crippen LogP contribution in [0, 0.1) is 5.92 Å². The molecule has 2 aliphatic rings. The third kappa shape index (κ3) is 2.86. The average molecular weight is 256 g/mol. The molecule has 1 saturated heterocycles. The molecule has 4 heteroatoms. The molecule has 0 aromatic heterocycles. The summed E-state index contributed by atoms with van der Waals surface area (Å²) in [5.74, 6) is -1.48. The van der Waals surface area contributed by atoms with Crippen molar-refractivity contribution in [3.63, 3.8) is 0 Å². The van der Waals surface area contributed by atoms with Gasteiger partial charge in [0.1, 0.15) is 0 Å². The first kappa shape index (κ1) is 13.8. The Labute approximate surface area is 109 Å². The van der Waals surface area contributed by atoms with Gasteiger partial charge in [0, 0.05) is 12.8 Å². The lowest BCUT2D eigenvalue weighted by Crippen LogP contribution is -2.38. The maximum absolute atomic E-state index is 11.1. The highest BCUT2D eigenvalue weighted by atomic mass is 16.8. The Morgan fingerprint density at radius 3 is 2.56 bits per heavy atom. The third-order valence-electron chi connectivity index (χ3n) is 4.21. The van der Waals surface area contributed by atoms with Crippen LogP contribution in [0.3, 0.4) is 0 Å². The number of hydrogen-bond acceptors (Lipinski definition) is 3. The number of ether oxygens (including phenoxy) is 2. The molecular weight excluding hydrogens is 232 g/mol. The molecule has 18 heavy (non-hydrogen) atoms. The first-order valence-corrected chi connectivity index (χ1v) is 7.06. The maximum atomic E-state index is 11.1. The zero-order valence-corrected chi connectivity index (χ0v) is 11.4. The van der Waals surface area contributed by atoms with Crippen molar-refractivity contribution >= 4 is 5.97 Å². The summed E-state index contributed by atoms with van der Waals surface area (Å²) in [6.45, 7) is 4.42. The molecule has 2 rings (SSSR count). The van der Waals surface area contributed by atoms with Gasteiger partial charge in [-0.05, 0) is 32.6 Å². The second-order valence-corrected chi connectivity index (χ2v) is 5.96. The van der Waals surface area contributed by atoms with Crippen LogP contribution in [0.15, 0.2) is 0 Å². The van der Waals surface area contributed by atoms with Crippen LogP contribution in [0.1, 0.15) is 58.8 Å². The number of aliphatic carboxylic acids is 1. The van der Waals surface area contributed by atoms with Gasteiger partial charge < -0.3 is 14.6 Å². The summed E-state index contributed by atoms with van der Waals surface area (Å²) >= 11 is 0. The van der Waals surface area contributed by atoms with Crippen molar-refractivity contribution in [2.45, 2.75) is 70.2 Å². The summed E-state index contributed by atoms with van der Waals surface area (Å²) in [6, 6.07) is 0. The molecular formula is C14H24O4. The first-order chi connectivity index (χ1) is 8.49. The summed E-state index contributed by atoms with van der Waals surface area (Å²) < 4.78 is 12.1. The summed E-state index contributed by atoms with van der Waals surface area (Å²) in [4.78, 5) is 11.1. The topological polar surface area (TPSA) is 55.8 Å². The molecule has 0 amide bonds. The summed E-state index contributed by atoms with van der Waals surface area (Å²) in [5, 5.41) is 9.15. The lowest BCUT2D eigenvalue weighted by atomic mass is 9.90. The van der Waals surface area contributed by atoms with E-state index in [4.69, 9.17) is 14.6 Å². The lowest BCUT2D eigenvalue weighted by molar-refractivity contribution is -0.205. The van der Waals surface area contributed by atoms with Gasteiger partial charge in [-0.2, -0.15) is 0 Å². The molecule has 1 N–H and O–H groups in total. The fourth-order valence-electron chi connectivity index (χ4n) is 3.16. The van der Waals surface area contributed by atoms with Crippen molar-refractivity contribution in [3.8, 4) is 0 Å².